The van der Waals surface area contributed by atoms with Gasteiger partial charge in [0.05, 0.1) is 6.54 Å². The van der Waals surface area contributed by atoms with Crippen LogP contribution in [0.25, 0.3) is 0 Å². The zero-order valence-corrected chi connectivity index (χ0v) is 13.7. The van der Waals surface area contributed by atoms with E-state index in [0.29, 0.717) is 5.56 Å². The highest BCUT2D eigenvalue weighted by molar-refractivity contribution is 6.07. The van der Waals surface area contributed by atoms with Gasteiger partial charge in [0.25, 0.3) is 11.5 Å². The molecule has 0 saturated carbocycles. The normalized spacial score (nSPS) is 18.7. The maximum atomic E-state index is 13.8. The maximum absolute atomic E-state index is 13.8. The average Bonchev–Trinajstić information content (AvgIpc) is 2.85. The topological polar surface area (TPSA) is 126 Å². The SMILES string of the molecule is CC(=O)NC1(C(F)(F)F)C(=O)Nc2c1c(=O)[nH]c(=O)n2Cc1cccnc1. The molecule has 0 bridgehead atoms. The molecule has 1 atom stereocenters. The van der Waals surface area contributed by atoms with E-state index in [1.807, 2.05) is 5.32 Å². The Morgan fingerprint density at radius 3 is 2.59 bits per heavy atom. The maximum Gasteiger partial charge on any atom is 0.425 e. The number of carbonyl (C=O) groups is 2. The molecule has 12 heteroatoms. The first kappa shape index (κ1) is 18.4. The van der Waals surface area contributed by atoms with Gasteiger partial charge in [0.15, 0.2) is 0 Å². The summed E-state index contributed by atoms with van der Waals surface area (Å²) in [5.74, 6) is -3.50. The molecule has 1 aliphatic rings. The fourth-order valence-corrected chi connectivity index (χ4v) is 2.91. The Morgan fingerprint density at radius 2 is 2.04 bits per heavy atom. The van der Waals surface area contributed by atoms with Crippen molar-refractivity contribution in [2.75, 3.05) is 5.32 Å². The average molecular weight is 383 g/mol. The number of nitrogens with zero attached hydrogens (tertiary/aromatic N) is 2. The van der Waals surface area contributed by atoms with Crippen LogP contribution in [0.1, 0.15) is 18.1 Å². The molecule has 2 aromatic heterocycles. The summed E-state index contributed by atoms with van der Waals surface area (Å²) in [5, 5.41) is 3.45. The van der Waals surface area contributed by atoms with E-state index in [1.54, 1.807) is 17.1 Å². The number of halogens is 3. The molecule has 3 N–H and O–H groups in total. The van der Waals surface area contributed by atoms with E-state index >= 15 is 0 Å². The molecule has 9 nitrogen and oxygen atoms in total. The third kappa shape index (κ3) is 2.78. The van der Waals surface area contributed by atoms with Crippen molar-refractivity contribution < 1.29 is 22.8 Å². The Morgan fingerprint density at radius 1 is 1.33 bits per heavy atom. The van der Waals surface area contributed by atoms with E-state index in [0.717, 1.165) is 11.5 Å². The van der Waals surface area contributed by atoms with E-state index in [2.05, 4.69) is 4.98 Å². The predicted octanol–water partition coefficient (Wildman–Crippen LogP) is -0.174. The van der Waals surface area contributed by atoms with Crippen molar-refractivity contribution in [1.82, 2.24) is 19.9 Å². The smallest absolute Gasteiger partial charge is 0.331 e. The summed E-state index contributed by atoms with van der Waals surface area (Å²) in [4.78, 5) is 53.6. The van der Waals surface area contributed by atoms with Crippen molar-refractivity contribution in [2.45, 2.75) is 25.2 Å². The lowest BCUT2D eigenvalue weighted by molar-refractivity contribution is -0.200. The number of amides is 2. The number of aromatic nitrogens is 3. The molecule has 0 radical (unpaired) electrons. The largest absolute Gasteiger partial charge is 0.425 e. The van der Waals surface area contributed by atoms with Gasteiger partial charge in [-0.1, -0.05) is 6.07 Å². The second-order valence-electron chi connectivity index (χ2n) is 5.81. The summed E-state index contributed by atoms with van der Waals surface area (Å²) < 4.78 is 42.2. The molecular formula is C15H12F3N5O4. The summed E-state index contributed by atoms with van der Waals surface area (Å²) in [6.07, 6.45) is -2.51. The van der Waals surface area contributed by atoms with Gasteiger partial charge in [-0.3, -0.25) is 28.9 Å². The minimum Gasteiger partial charge on any atom is -0.331 e. The Hall–Kier alpha value is -3.44. The number of H-pyrrole nitrogens is 1. The Labute approximate surface area is 148 Å². The van der Waals surface area contributed by atoms with Gasteiger partial charge >= 0.3 is 11.9 Å². The van der Waals surface area contributed by atoms with Gasteiger partial charge in [-0.15, -0.1) is 0 Å². The van der Waals surface area contributed by atoms with Gasteiger partial charge in [-0.05, 0) is 11.6 Å². The first-order valence-electron chi connectivity index (χ1n) is 7.51. The highest BCUT2D eigenvalue weighted by Gasteiger charge is 2.68. The summed E-state index contributed by atoms with van der Waals surface area (Å²) in [6.45, 7) is 0.513. The van der Waals surface area contributed by atoms with Crippen molar-refractivity contribution in [1.29, 1.82) is 0 Å². The molecule has 0 aliphatic carbocycles. The number of fused-ring (bicyclic) bond motifs is 1. The monoisotopic (exact) mass is 383 g/mol. The van der Waals surface area contributed by atoms with Gasteiger partial charge in [0.1, 0.15) is 11.4 Å². The van der Waals surface area contributed by atoms with Crippen LogP contribution in [-0.2, 0) is 21.7 Å². The third-order valence-corrected chi connectivity index (χ3v) is 4.00. The summed E-state index contributed by atoms with van der Waals surface area (Å²) in [6, 6.07) is 3.10. The second-order valence-corrected chi connectivity index (χ2v) is 5.81. The third-order valence-electron chi connectivity index (χ3n) is 4.00. The molecular weight excluding hydrogens is 371 g/mol. The van der Waals surface area contributed by atoms with E-state index in [-0.39, 0.29) is 6.54 Å². The molecule has 1 unspecified atom stereocenters. The highest BCUT2D eigenvalue weighted by atomic mass is 19.4. The zero-order chi connectivity index (χ0) is 20.0. The van der Waals surface area contributed by atoms with Gasteiger partial charge in [0, 0.05) is 19.3 Å². The van der Waals surface area contributed by atoms with Gasteiger partial charge < -0.3 is 10.6 Å². The van der Waals surface area contributed by atoms with Crippen molar-refractivity contribution in [2.24, 2.45) is 0 Å². The lowest BCUT2D eigenvalue weighted by Crippen LogP contribution is -2.61. The van der Waals surface area contributed by atoms with Crippen molar-refractivity contribution in [3.63, 3.8) is 0 Å². The van der Waals surface area contributed by atoms with Crippen LogP contribution in [-0.4, -0.2) is 32.5 Å². The molecule has 27 heavy (non-hydrogen) atoms. The van der Waals surface area contributed by atoms with Crippen LogP contribution >= 0.6 is 0 Å². The van der Waals surface area contributed by atoms with E-state index in [4.69, 9.17) is 0 Å². The fraction of sp³-hybridized carbons (Fsp3) is 0.267. The van der Waals surface area contributed by atoms with Crippen molar-refractivity contribution >= 4 is 17.6 Å². The van der Waals surface area contributed by atoms with Crippen LogP contribution in [0.5, 0.6) is 0 Å². The number of alkyl halides is 3. The molecule has 0 fully saturated rings. The lowest BCUT2D eigenvalue weighted by atomic mass is 9.92. The van der Waals surface area contributed by atoms with Crippen LogP contribution in [0.15, 0.2) is 34.1 Å². The first-order chi connectivity index (χ1) is 12.6. The van der Waals surface area contributed by atoms with Crippen molar-refractivity contribution in [3.05, 3.63) is 56.5 Å². The fourth-order valence-electron chi connectivity index (χ4n) is 2.91. The summed E-state index contributed by atoms with van der Waals surface area (Å²) in [7, 11) is 0. The van der Waals surface area contributed by atoms with E-state index in [1.165, 1.54) is 17.7 Å². The highest BCUT2D eigenvalue weighted by Crippen LogP contribution is 2.44. The molecule has 0 saturated heterocycles. The molecule has 3 rings (SSSR count). The van der Waals surface area contributed by atoms with Crippen LogP contribution in [0, 0.1) is 0 Å². The number of aromatic amines is 1. The quantitative estimate of drug-likeness (QED) is 0.678. The summed E-state index contributed by atoms with van der Waals surface area (Å²) in [5.41, 5.74) is -6.72. The van der Waals surface area contributed by atoms with Crippen LogP contribution in [0.2, 0.25) is 0 Å². The van der Waals surface area contributed by atoms with Crippen LogP contribution in [0.3, 0.4) is 0 Å². The lowest BCUT2D eigenvalue weighted by Gasteiger charge is -2.29. The number of carbonyl (C=O) groups excluding carboxylic acids is 2. The first-order valence-corrected chi connectivity index (χ1v) is 7.51. The van der Waals surface area contributed by atoms with Crippen molar-refractivity contribution in [3.8, 4) is 0 Å². The Bertz CT molecular complexity index is 1040. The minimum absolute atomic E-state index is 0.264. The van der Waals surface area contributed by atoms with Crippen LogP contribution in [0.4, 0.5) is 19.0 Å². The minimum atomic E-state index is -5.34. The second kappa shape index (κ2) is 6.07. The van der Waals surface area contributed by atoms with E-state index in [9.17, 15) is 32.3 Å². The number of rotatable bonds is 3. The number of nitrogens with one attached hydrogen (secondary N) is 3. The molecule has 3 heterocycles. The molecule has 2 amide bonds. The number of hydrogen-bond acceptors (Lipinski definition) is 5. The standard InChI is InChI=1S/C15H12F3N5O4/c1-7(24)22-14(15(16,17)18)9-10(20-12(14)26)23(13(27)21-11(9)25)6-8-3-2-4-19-5-8/h2-5H,6H2,1H3,(H,20,26)(H,22,24)(H,21,25,27). The Balaban J connectivity index is 2.30. The zero-order valence-electron chi connectivity index (χ0n) is 13.7. The predicted molar refractivity (Wildman–Crippen MR) is 84.8 cm³/mol. The van der Waals surface area contributed by atoms with Gasteiger partial charge in [-0.25, -0.2) is 4.79 Å². The molecule has 1 aliphatic heterocycles. The molecule has 2 aromatic rings. The van der Waals surface area contributed by atoms with Gasteiger partial charge in [0.2, 0.25) is 11.4 Å². The van der Waals surface area contributed by atoms with Crippen LogP contribution < -0.4 is 21.9 Å². The number of hydrogen-bond donors (Lipinski definition) is 3. The molecule has 0 spiro atoms. The van der Waals surface area contributed by atoms with E-state index < -0.39 is 46.2 Å². The Kier molecular flexibility index (Phi) is 4.13. The molecule has 0 aromatic carbocycles. The molecule has 142 valence electrons. The van der Waals surface area contributed by atoms with Gasteiger partial charge in [-0.2, -0.15) is 13.2 Å². The number of anilines is 1. The summed E-state index contributed by atoms with van der Waals surface area (Å²) >= 11 is 0. The number of pyridine rings is 1.